The van der Waals surface area contributed by atoms with Gasteiger partial charge < -0.3 is 5.32 Å². The molecule has 0 spiro atoms. The van der Waals surface area contributed by atoms with E-state index in [0.717, 1.165) is 16.7 Å². The van der Waals surface area contributed by atoms with Crippen LogP contribution >= 0.6 is 15.9 Å². The Kier molecular flexibility index (Phi) is 4.81. The minimum Gasteiger partial charge on any atom is -0.377 e. The topological polar surface area (TPSA) is 24.9 Å². The zero-order valence-electron chi connectivity index (χ0n) is 12.2. The van der Waals surface area contributed by atoms with Crippen molar-refractivity contribution < 1.29 is 0 Å². The summed E-state index contributed by atoms with van der Waals surface area (Å²) in [6, 6.07) is 14.9. The summed E-state index contributed by atoms with van der Waals surface area (Å²) in [4.78, 5) is 4.28. The fraction of sp³-hybridized carbons (Fsp3) is 0.353. The lowest BCUT2D eigenvalue weighted by Crippen LogP contribution is -2.18. The van der Waals surface area contributed by atoms with Gasteiger partial charge in [0, 0.05) is 0 Å². The van der Waals surface area contributed by atoms with Crippen LogP contribution in [0.4, 0.5) is 5.69 Å². The molecule has 1 N–H and O–H groups in total. The minimum absolute atomic E-state index is 0.260. The van der Waals surface area contributed by atoms with E-state index in [1.54, 1.807) is 0 Å². The van der Waals surface area contributed by atoms with Crippen LogP contribution in [0.5, 0.6) is 0 Å². The first kappa shape index (κ1) is 15.0. The molecule has 2 nitrogen and oxygen atoms in total. The highest BCUT2D eigenvalue weighted by Crippen LogP contribution is 2.32. The Balaban J connectivity index is 2.20. The van der Waals surface area contributed by atoms with Crippen molar-refractivity contribution in [1.29, 1.82) is 0 Å². The molecule has 20 heavy (non-hydrogen) atoms. The van der Waals surface area contributed by atoms with Gasteiger partial charge in [-0.3, -0.25) is 0 Å². The van der Waals surface area contributed by atoms with Crippen LogP contribution in [-0.2, 0) is 0 Å². The fourth-order valence-electron chi connectivity index (χ4n) is 2.21. The first-order chi connectivity index (χ1) is 9.44. The lowest BCUT2D eigenvalue weighted by Gasteiger charge is -2.28. The van der Waals surface area contributed by atoms with Gasteiger partial charge in [0.15, 0.2) is 0 Å². The summed E-state index contributed by atoms with van der Waals surface area (Å²) in [6.45, 7) is 6.80. The molecule has 0 radical (unpaired) electrons. The summed E-state index contributed by atoms with van der Waals surface area (Å²) >= 11 is 3.37. The molecule has 0 bridgehead atoms. The Hall–Kier alpha value is -1.35. The Morgan fingerprint density at radius 3 is 2.35 bits per heavy atom. The summed E-state index contributed by atoms with van der Waals surface area (Å²) in [6.07, 6.45) is 2.93. The highest BCUT2D eigenvalue weighted by molar-refractivity contribution is 9.10. The number of anilines is 1. The SMILES string of the molecule is CC(C)(C)CC(Nc1ccc(Br)nc1)c1ccccc1. The van der Waals surface area contributed by atoms with Crippen LogP contribution in [0.2, 0.25) is 0 Å². The van der Waals surface area contributed by atoms with Crippen LogP contribution in [0.1, 0.15) is 38.8 Å². The molecule has 0 amide bonds. The molecule has 1 atom stereocenters. The van der Waals surface area contributed by atoms with Crippen LogP contribution in [0.3, 0.4) is 0 Å². The molecular formula is C17H21BrN2. The van der Waals surface area contributed by atoms with Gasteiger partial charge >= 0.3 is 0 Å². The molecule has 1 unspecified atom stereocenters. The maximum absolute atomic E-state index is 4.28. The fourth-order valence-corrected chi connectivity index (χ4v) is 2.45. The largest absolute Gasteiger partial charge is 0.377 e. The number of hydrogen-bond acceptors (Lipinski definition) is 2. The predicted octanol–water partition coefficient (Wildman–Crippen LogP) is 5.43. The summed E-state index contributed by atoms with van der Waals surface area (Å²) in [5, 5.41) is 3.60. The van der Waals surface area contributed by atoms with Crippen LogP contribution in [0.25, 0.3) is 0 Å². The highest BCUT2D eigenvalue weighted by atomic mass is 79.9. The van der Waals surface area contributed by atoms with Crippen LogP contribution in [0, 0.1) is 5.41 Å². The van der Waals surface area contributed by atoms with E-state index in [2.05, 4.69) is 83.4 Å². The minimum atomic E-state index is 0.260. The second-order valence-corrected chi connectivity index (χ2v) is 7.05. The van der Waals surface area contributed by atoms with Gasteiger partial charge in [-0.1, -0.05) is 51.1 Å². The van der Waals surface area contributed by atoms with Crippen molar-refractivity contribution in [2.75, 3.05) is 5.32 Å². The van der Waals surface area contributed by atoms with Crippen molar-refractivity contribution in [3.05, 3.63) is 58.8 Å². The number of nitrogens with zero attached hydrogens (tertiary/aromatic N) is 1. The van der Waals surface area contributed by atoms with Crippen molar-refractivity contribution in [1.82, 2.24) is 4.98 Å². The Labute approximate surface area is 129 Å². The quantitative estimate of drug-likeness (QED) is 0.754. The number of nitrogens with one attached hydrogen (secondary N) is 1. The molecule has 2 rings (SSSR count). The van der Waals surface area contributed by atoms with E-state index in [1.807, 2.05) is 12.3 Å². The average molecular weight is 333 g/mol. The third-order valence-corrected chi connectivity index (χ3v) is 3.56. The number of rotatable bonds is 4. The average Bonchev–Trinajstić information content (AvgIpc) is 2.40. The summed E-state index contributed by atoms with van der Waals surface area (Å²) in [5.74, 6) is 0. The van der Waals surface area contributed by atoms with E-state index in [-0.39, 0.29) is 5.41 Å². The number of benzene rings is 1. The molecule has 2 aromatic rings. The van der Waals surface area contributed by atoms with Crippen molar-refractivity contribution in [3.63, 3.8) is 0 Å². The van der Waals surface area contributed by atoms with E-state index in [0.29, 0.717) is 6.04 Å². The Morgan fingerprint density at radius 2 is 1.80 bits per heavy atom. The summed E-state index contributed by atoms with van der Waals surface area (Å²) in [5.41, 5.74) is 2.62. The molecular weight excluding hydrogens is 312 g/mol. The van der Waals surface area contributed by atoms with Crippen molar-refractivity contribution in [2.24, 2.45) is 5.41 Å². The Morgan fingerprint density at radius 1 is 1.10 bits per heavy atom. The number of halogens is 1. The van der Waals surface area contributed by atoms with E-state index in [9.17, 15) is 0 Å². The van der Waals surface area contributed by atoms with E-state index < -0.39 is 0 Å². The van der Waals surface area contributed by atoms with Crippen molar-refractivity contribution in [2.45, 2.75) is 33.2 Å². The van der Waals surface area contributed by atoms with Gasteiger partial charge in [-0.15, -0.1) is 0 Å². The number of hydrogen-bond donors (Lipinski definition) is 1. The molecule has 106 valence electrons. The molecule has 0 saturated heterocycles. The molecule has 1 aromatic carbocycles. The Bertz CT molecular complexity index is 529. The van der Waals surface area contributed by atoms with Crippen LogP contribution in [-0.4, -0.2) is 4.98 Å². The molecule has 0 aliphatic rings. The van der Waals surface area contributed by atoms with E-state index in [1.165, 1.54) is 5.56 Å². The van der Waals surface area contributed by atoms with Crippen molar-refractivity contribution in [3.8, 4) is 0 Å². The van der Waals surface area contributed by atoms with Gasteiger partial charge in [-0.2, -0.15) is 0 Å². The zero-order valence-corrected chi connectivity index (χ0v) is 13.8. The molecule has 0 saturated carbocycles. The lowest BCUT2D eigenvalue weighted by atomic mass is 9.85. The molecule has 1 heterocycles. The second-order valence-electron chi connectivity index (χ2n) is 6.24. The molecule has 0 fully saturated rings. The third-order valence-electron chi connectivity index (χ3n) is 3.09. The smallest absolute Gasteiger partial charge is 0.106 e. The number of aromatic nitrogens is 1. The normalized spacial score (nSPS) is 13.0. The second kappa shape index (κ2) is 6.40. The third kappa shape index (κ3) is 4.64. The van der Waals surface area contributed by atoms with Gasteiger partial charge in [-0.25, -0.2) is 4.98 Å². The highest BCUT2D eigenvalue weighted by Gasteiger charge is 2.20. The predicted molar refractivity (Wildman–Crippen MR) is 88.8 cm³/mol. The summed E-state index contributed by atoms with van der Waals surface area (Å²) in [7, 11) is 0. The van der Waals surface area contributed by atoms with Crippen LogP contribution < -0.4 is 5.32 Å². The van der Waals surface area contributed by atoms with Crippen LogP contribution in [0.15, 0.2) is 53.3 Å². The zero-order chi connectivity index (χ0) is 14.6. The maximum atomic E-state index is 4.28. The van der Waals surface area contributed by atoms with Gasteiger partial charge in [-0.05, 0) is 45.5 Å². The molecule has 0 aliphatic carbocycles. The van der Waals surface area contributed by atoms with E-state index in [4.69, 9.17) is 0 Å². The first-order valence-electron chi connectivity index (χ1n) is 6.87. The number of pyridine rings is 1. The molecule has 1 aromatic heterocycles. The van der Waals surface area contributed by atoms with Crippen molar-refractivity contribution >= 4 is 21.6 Å². The molecule has 3 heteroatoms. The van der Waals surface area contributed by atoms with Gasteiger partial charge in [0.1, 0.15) is 4.60 Å². The maximum Gasteiger partial charge on any atom is 0.106 e. The van der Waals surface area contributed by atoms with Gasteiger partial charge in [0.05, 0.1) is 17.9 Å². The monoisotopic (exact) mass is 332 g/mol. The first-order valence-corrected chi connectivity index (χ1v) is 7.66. The van der Waals surface area contributed by atoms with E-state index >= 15 is 0 Å². The molecule has 0 aliphatic heterocycles. The lowest BCUT2D eigenvalue weighted by molar-refractivity contribution is 0.352. The van der Waals surface area contributed by atoms with Gasteiger partial charge in [0.2, 0.25) is 0 Å². The van der Waals surface area contributed by atoms with Gasteiger partial charge in [0.25, 0.3) is 0 Å². The standard InChI is InChI=1S/C17H21BrN2/c1-17(2,3)11-15(13-7-5-4-6-8-13)20-14-9-10-16(18)19-12-14/h4-10,12,15,20H,11H2,1-3H3. The summed E-state index contributed by atoms with van der Waals surface area (Å²) < 4.78 is 0.857.